The molecule has 0 aliphatic heterocycles. The van der Waals surface area contributed by atoms with Gasteiger partial charge < -0.3 is 14.4 Å². The molecule has 0 aromatic heterocycles. The molecule has 1 aromatic rings. The molecule has 0 fully saturated rings. The van der Waals surface area contributed by atoms with Crippen LogP contribution >= 0.6 is 0 Å². The lowest BCUT2D eigenvalue weighted by molar-refractivity contribution is 0.286. The van der Waals surface area contributed by atoms with E-state index in [4.69, 9.17) is 9.39 Å². The molecular weight excluding hydrogens is 167 g/mol. The van der Waals surface area contributed by atoms with E-state index >= 15 is 0 Å². The second-order valence-corrected chi connectivity index (χ2v) is 2.55. The molecule has 0 spiro atoms. The lowest BCUT2D eigenvalue weighted by atomic mass is 9.79. The molecule has 0 unspecified atom stereocenters. The minimum Gasteiger partial charge on any atom is -0.497 e. The molecule has 0 atom stereocenters. The first kappa shape index (κ1) is 10.1. The average Bonchev–Trinajstić information content (AvgIpc) is 2.18. The molecule has 13 heavy (non-hydrogen) atoms. The number of hydrogen-bond acceptors (Lipinski definition) is 3. The summed E-state index contributed by atoms with van der Waals surface area (Å²) in [6, 6.07) is 7.25. The van der Waals surface area contributed by atoms with Gasteiger partial charge in [-0.3, -0.25) is 0 Å². The van der Waals surface area contributed by atoms with E-state index < -0.39 is 7.12 Å². The van der Waals surface area contributed by atoms with Crippen molar-refractivity contribution in [2.45, 2.75) is 6.92 Å². The lowest BCUT2D eigenvalue weighted by Gasteiger charge is -2.10. The fraction of sp³-hybridized carbons (Fsp3) is 0.333. The third kappa shape index (κ3) is 2.47. The molecule has 70 valence electrons. The molecule has 0 aliphatic rings. The Bertz CT molecular complexity index is 265. The van der Waals surface area contributed by atoms with Gasteiger partial charge in [-0.25, -0.2) is 0 Å². The number of benzene rings is 1. The number of rotatable bonds is 4. The maximum absolute atomic E-state index is 9.53. The molecule has 0 amide bonds. The van der Waals surface area contributed by atoms with Crippen LogP contribution < -0.4 is 10.2 Å². The van der Waals surface area contributed by atoms with Gasteiger partial charge in [0.05, 0.1) is 7.11 Å². The fourth-order valence-corrected chi connectivity index (χ4v) is 1.12. The number of hydrogen-bond donors (Lipinski definition) is 1. The molecule has 3 nitrogen and oxygen atoms in total. The second-order valence-electron chi connectivity index (χ2n) is 2.55. The van der Waals surface area contributed by atoms with Crippen LogP contribution in [0.5, 0.6) is 5.75 Å². The van der Waals surface area contributed by atoms with Crippen molar-refractivity contribution in [3.05, 3.63) is 24.3 Å². The molecule has 0 heterocycles. The van der Waals surface area contributed by atoms with Crippen LogP contribution in [0.25, 0.3) is 0 Å². The smallest absolute Gasteiger partial charge is 0.494 e. The van der Waals surface area contributed by atoms with Crippen LogP contribution in [-0.2, 0) is 4.65 Å². The highest BCUT2D eigenvalue weighted by Crippen LogP contribution is 2.06. The Hall–Kier alpha value is -0.995. The molecule has 1 rings (SSSR count). The lowest BCUT2D eigenvalue weighted by Crippen LogP contribution is -2.34. The summed E-state index contributed by atoms with van der Waals surface area (Å²) in [6.45, 7) is 2.30. The third-order valence-electron chi connectivity index (χ3n) is 1.73. The van der Waals surface area contributed by atoms with Crippen LogP contribution in [0.3, 0.4) is 0 Å². The van der Waals surface area contributed by atoms with Crippen molar-refractivity contribution >= 4 is 12.6 Å². The molecule has 0 bridgehead atoms. The normalized spacial score (nSPS) is 9.77. The Balaban J connectivity index is 2.85. The second kappa shape index (κ2) is 4.89. The highest BCUT2D eigenvalue weighted by Gasteiger charge is 2.19. The van der Waals surface area contributed by atoms with Gasteiger partial charge in [0.2, 0.25) is 0 Å². The van der Waals surface area contributed by atoms with Gasteiger partial charge in [-0.05, 0) is 13.0 Å². The molecular formula is C9H13BO3. The first-order valence-electron chi connectivity index (χ1n) is 4.22. The summed E-state index contributed by atoms with van der Waals surface area (Å²) >= 11 is 0. The predicted molar refractivity (Wildman–Crippen MR) is 52.2 cm³/mol. The van der Waals surface area contributed by atoms with Gasteiger partial charge in [-0.1, -0.05) is 18.2 Å². The van der Waals surface area contributed by atoms with Gasteiger partial charge in [0.15, 0.2) is 0 Å². The molecule has 4 heteroatoms. The largest absolute Gasteiger partial charge is 0.497 e. The SMILES string of the molecule is CCOB(O)c1ccccc1OC. The molecule has 0 saturated carbocycles. The zero-order valence-electron chi connectivity index (χ0n) is 7.86. The van der Waals surface area contributed by atoms with Crippen LogP contribution in [0.2, 0.25) is 0 Å². The standard InChI is InChI=1S/C9H13BO3/c1-3-13-10(11)8-6-4-5-7-9(8)12-2/h4-7,11H,3H2,1-2H3. The Morgan fingerprint density at radius 3 is 2.69 bits per heavy atom. The first-order chi connectivity index (χ1) is 6.29. The van der Waals surface area contributed by atoms with Crippen molar-refractivity contribution in [1.82, 2.24) is 0 Å². The van der Waals surface area contributed by atoms with Gasteiger partial charge in [-0.2, -0.15) is 0 Å². The minimum absolute atomic E-state index is 0.471. The Morgan fingerprint density at radius 2 is 2.08 bits per heavy atom. The van der Waals surface area contributed by atoms with Gasteiger partial charge in [-0.15, -0.1) is 0 Å². The number of para-hydroxylation sites is 1. The first-order valence-corrected chi connectivity index (χ1v) is 4.22. The van der Waals surface area contributed by atoms with Crippen LogP contribution in [0.4, 0.5) is 0 Å². The van der Waals surface area contributed by atoms with Crippen LogP contribution in [0.15, 0.2) is 24.3 Å². The summed E-state index contributed by atoms with van der Waals surface area (Å²) in [5.41, 5.74) is 0.659. The summed E-state index contributed by atoms with van der Waals surface area (Å²) < 4.78 is 10.1. The van der Waals surface area contributed by atoms with Crippen LogP contribution in [0, 0.1) is 0 Å². The number of ether oxygens (including phenoxy) is 1. The fourth-order valence-electron chi connectivity index (χ4n) is 1.12. The summed E-state index contributed by atoms with van der Waals surface area (Å²) in [5.74, 6) is 0.642. The van der Waals surface area contributed by atoms with Crippen molar-refractivity contribution in [3.63, 3.8) is 0 Å². The quantitative estimate of drug-likeness (QED) is 0.682. The molecule has 1 N–H and O–H groups in total. The Kier molecular flexibility index (Phi) is 3.80. The zero-order valence-corrected chi connectivity index (χ0v) is 7.86. The van der Waals surface area contributed by atoms with Gasteiger partial charge in [0.1, 0.15) is 5.75 Å². The van der Waals surface area contributed by atoms with Crippen LogP contribution in [-0.4, -0.2) is 25.9 Å². The van der Waals surface area contributed by atoms with E-state index in [2.05, 4.69) is 0 Å². The molecule has 1 aromatic carbocycles. The molecule has 0 aliphatic carbocycles. The Labute approximate surface area is 78.4 Å². The van der Waals surface area contributed by atoms with Gasteiger partial charge >= 0.3 is 7.12 Å². The van der Waals surface area contributed by atoms with Crippen molar-refractivity contribution in [2.24, 2.45) is 0 Å². The summed E-state index contributed by atoms with van der Waals surface area (Å²) in [4.78, 5) is 0. The third-order valence-corrected chi connectivity index (χ3v) is 1.73. The van der Waals surface area contributed by atoms with Crippen LogP contribution in [0.1, 0.15) is 6.92 Å². The van der Waals surface area contributed by atoms with Gasteiger partial charge in [0.25, 0.3) is 0 Å². The summed E-state index contributed by atoms with van der Waals surface area (Å²) in [7, 11) is 0.665. The van der Waals surface area contributed by atoms with Crippen molar-refractivity contribution in [3.8, 4) is 5.75 Å². The van der Waals surface area contributed by atoms with E-state index in [-0.39, 0.29) is 0 Å². The number of methoxy groups -OCH3 is 1. The molecule has 0 radical (unpaired) electrons. The van der Waals surface area contributed by atoms with Crippen molar-refractivity contribution < 1.29 is 14.4 Å². The van der Waals surface area contributed by atoms with E-state index in [0.29, 0.717) is 17.8 Å². The van der Waals surface area contributed by atoms with E-state index in [9.17, 15) is 5.02 Å². The van der Waals surface area contributed by atoms with Crippen molar-refractivity contribution in [1.29, 1.82) is 0 Å². The highest BCUT2D eigenvalue weighted by atomic mass is 16.5. The maximum Gasteiger partial charge on any atom is 0.494 e. The van der Waals surface area contributed by atoms with E-state index in [0.717, 1.165) is 0 Å². The average molecular weight is 180 g/mol. The zero-order chi connectivity index (χ0) is 9.68. The van der Waals surface area contributed by atoms with E-state index in [1.54, 1.807) is 19.2 Å². The summed E-state index contributed by atoms with van der Waals surface area (Å²) in [5, 5.41) is 9.53. The van der Waals surface area contributed by atoms with E-state index in [1.165, 1.54) is 0 Å². The Morgan fingerprint density at radius 1 is 1.38 bits per heavy atom. The minimum atomic E-state index is -0.902. The van der Waals surface area contributed by atoms with E-state index in [1.807, 2.05) is 19.1 Å². The maximum atomic E-state index is 9.53. The summed E-state index contributed by atoms with van der Waals surface area (Å²) in [6.07, 6.45) is 0. The van der Waals surface area contributed by atoms with Gasteiger partial charge in [0, 0.05) is 12.1 Å². The predicted octanol–water partition coefficient (Wildman–Crippen LogP) is 0.419. The molecule has 0 saturated heterocycles. The highest BCUT2D eigenvalue weighted by molar-refractivity contribution is 6.61. The monoisotopic (exact) mass is 180 g/mol. The topological polar surface area (TPSA) is 38.7 Å². The van der Waals surface area contributed by atoms with Crippen molar-refractivity contribution in [2.75, 3.05) is 13.7 Å².